The molecule has 7 heteroatoms. The van der Waals surface area contributed by atoms with Crippen LogP contribution in [-0.4, -0.2) is 54.0 Å². The average molecular weight is 420 g/mol. The second-order valence-corrected chi connectivity index (χ2v) is 11.1. The monoisotopic (exact) mass is 419 g/mol. The van der Waals surface area contributed by atoms with Crippen LogP contribution in [0.4, 0.5) is 14.5 Å². The third kappa shape index (κ3) is 3.76. The van der Waals surface area contributed by atoms with Crippen LogP contribution in [0.3, 0.4) is 0 Å². The molecule has 0 spiro atoms. The molecule has 30 heavy (non-hydrogen) atoms. The Hall–Kier alpha value is -1.92. The minimum atomic E-state index is -2.67. The van der Waals surface area contributed by atoms with E-state index in [-0.39, 0.29) is 35.9 Å². The molecule has 164 valence electrons. The highest BCUT2D eigenvalue weighted by Gasteiger charge is 2.51. The number of rotatable bonds is 5. The maximum Gasteiger partial charge on any atom is 0.282 e. The first-order chi connectivity index (χ1) is 14.0. The van der Waals surface area contributed by atoms with Gasteiger partial charge in [-0.3, -0.25) is 4.79 Å². The SMILES string of the molecule is CC1(C)CC2CC(C)(CN2C(=O)c2ccc(N3CC(F)(F)C3)c(OCC3CC3)n2)C1. The molecule has 1 amide bonds. The van der Waals surface area contributed by atoms with E-state index in [1.165, 1.54) is 0 Å². The molecule has 5 nitrogen and oxygen atoms in total. The van der Waals surface area contributed by atoms with Gasteiger partial charge in [0.2, 0.25) is 5.88 Å². The van der Waals surface area contributed by atoms with Gasteiger partial charge in [0.25, 0.3) is 11.8 Å². The number of amides is 1. The number of halogens is 2. The first-order valence-electron chi connectivity index (χ1n) is 11.1. The lowest BCUT2D eigenvalue weighted by Gasteiger charge is -2.40. The van der Waals surface area contributed by atoms with E-state index in [1.807, 2.05) is 4.90 Å². The summed E-state index contributed by atoms with van der Waals surface area (Å²) >= 11 is 0. The zero-order chi connectivity index (χ0) is 21.3. The van der Waals surface area contributed by atoms with Crippen LogP contribution < -0.4 is 9.64 Å². The molecule has 4 fully saturated rings. The van der Waals surface area contributed by atoms with Crippen molar-refractivity contribution in [1.29, 1.82) is 0 Å². The molecule has 2 unspecified atom stereocenters. The Balaban J connectivity index is 1.38. The summed E-state index contributed by atoms with van der Waals surface area (Å²) in [5.41, 5.74) is 1.29. The summed E-state index contributed by atoms with van der Waals surface area (Å²) in [6.07, 6.45) is 5.40. The van der Waals surface area contributed by atoms with Crippen LogP contribution in [0.1, 0.15) is 63.4 Å². The number of carbonyl (C=O) groups excluding carboxylic acids is 1. The number of carbonyl (C=O) groups is 1. The van der Waals surface area contributed by atoms with Crippen molar-refractivity contribution in [2.45, 2.75) is 64.8 Å². The number of pyridine rings is 1. The first kappa shape index (κ1) is 20.0. The second kappa shape index (κ2) is 6.54. The van der Waals surface area contributed by atoms with E-state index in [2.05, 4.69) is 25.8 Å². The minimum Gasteiger partial charge on any atom is -0.476 e. The van der Waals surface area contributed by atoms with Crippen molar-refractivity contribution in [3.63, 3.8) is 0 Å². The number of anilines is 1. The summed E-state index contributed by atoms with van der Waals surface area (Å²) in [4.78, 5) is 21.5. The Morgan fingerprint density at radius 1 is 1.17 bits per heavy atom. The van der Waals surface area contributed by atoms with Crippen molar-refractivity contribution in [2.75, 3.05) is 31.1 Å². The number of fused-ring (bicyclic) bond motifs is 2. The van der Waals surface area contributed by atoms with E-state index in [1.54, 1.807) is 17.0 Å². The summed E-state index contributed by atoms with van der Waals surface area (Å²) in [7, 11) is 0. The zero-order valence-corrected chi connectivity index (χ0v) is 18.1. The Morgan fingerprint density at radius 2 is 1.90 bits per heavy atom. The quantitative estimate of drug-likeness (QED) is 0.711. The molecule has 2 aliphatic carbocycles. The fourth-order valence-corrected chi connectivity index (χ4v) is 5.91. The topological polar surface area (TPSA) is 45.7 Å². The van der Waals surface area contributed by atoms with E-state index < -0.39 is 5.92 Å². The molecule has 3 heterocycles. The van der Waals surface area contributed by atoms with Crippen LogP contribution in [-0.2, 0) is 0 Å². The third-order valence-corrected chi connectivity index (χ3v) is 7.07. The van der Waals surface area contributed by atoms with Gasteiger partial charge in [0, 0.05) is 12.6 Å². The lowest BCUT2D eigenvalue weighted by molar-refractivity contribution is -0.0265. The van der Waals surface area contributed by atoms with Gasteiger partial charge in [-0.1, -0.05) is 20.8 Å². The Bertz CT molecular complexity index is 862. The number of likely N-dealkylation sites (tertiary alicyclic amines) is 1. The Kier molecular flexibility index (Phi) is 4.36. The molecule has 2 atom stereocenters. The highest BCUT2D eigenvalue weighted by atomic mass is 19.3. The van der Waals surface area contributed by atoms with Gasteiger partial charge in [-0.2, -0.15) is 0 Å². The largest absolute Gasteiger partial charge is 0.476 e. The van der Waals surface area contributed by atoms with E-state index in [0.29, 0.717) is 29.8 Å². The lowest BCUT2D eigenvalue weighted by Crippen LogP contribution is -2.56. The highest BCUT2D eigenvalue weighted by Crippen LogP contribution is 2.52. The molecular formula is C23H31F2N3O2. The third-order valence-electron chi connectivity index (χ3n) is 7.07. The lowest BCUT2D eigenvalue weighted by atomic mass is 9.65. The number of ether oxygens (including phenoxy) is 1. The molecule has 5 rings (SSSR count). The summed E-state index contributed by atoms with van der Waals surface area (Å²) in [5, 5.41) is 0. The Morgan fingerprint density at radius 3 is 2.57 bits per heavy atom. The molecule has 0 aromatic carbocycles. The Labute approximate surface area is 176 Å². The molecule has 1 aromatic heterocycles. The molecule has 2 saturated carbocycles. The van der Waals surface area contributed by atoms with Gasteiger partial charge in [0.1, 0.15) is 11.4 Å². The number of alkyl halides is 2. The molecule has 2 saturated heterocycles. The normalized spacial score (nSPS) is 31.4. The number of hydrogen-bond acceptors (Lipinski definition) is 4. The second-order valence-electron chi connectivity index (χ2n) is 11.1. The van der Waals surface area contributed by atoms with E-state index >= 15 is 0 Å². The number of aromatic nitrogens is 1. The zero-order valence-electron chi connectivity index (χ0n) is 18.1. The van der Waals surface area contributed by atoms with E-state index in [4.69, 9.17) is 4.74 Å². The standard InChI is InChI=1S/C23H31F2N3O2/c1-21(2)8-16-9-22(3,11-21)12-28(16)20(29)17-6-7-18(27-13-23(24,25)14-27)19(26-17)30-10-15-4-5-15/h6-7,15-16H,4-5,8-14H2,1-3H3. The van der Waals surface area contributed by atoms with Gasteiger partial charge in [0.15, 0.2) is 0 Å². The number of hydrogen-bond donors (Lipinski definition) is 0. The molecule has 2 bridgehead atoms. The van der Waals surface area contributed by atoms with Gasteiger partial charge in [-0.25, -0.2) is 13.8 Å². The van der Waals surface area contributed by atoms with Crippen molar-refractivity contribution in [3.8, 4) is 5.88 Å². The van der Waals surface area contributed by atoms with Gasteiger partial charge in [0.05, 0.1) is 19.7 Å². The predicted octanol–water partition coefficient (Wildman–Crippen LogP) is 4.37. The summed E-state index contributed by atoms with van der Waals surface area (Å²) in [6, 6.07) is 3.64. The van der Waals surface area contributed by atoms with Crippen molar-refractivity contribution < 1.29 is 18.3 Å². The van der Waals surface area contributed by atoms with Crippen LogP contribution in [0.2, 0.25) is 0 Å². The van der Waals surface area contributed by atoms with Gasteiger partial charge in [-0.05, 0) is 61.0 Å². The van der Waals surface area contributed by atoms with Crippen LogP contribution in [0.25, 0.3) is 0 Å². The predicted molar refractivity (Wildman–Crippen MR) is 110 cm³/mol. The van der Waals surface area contributed by atoms with Crippen molar-refractivity contribution in [1.82, 2.24) is 9.88 Å². The fraction of sp³-hybridized carbons (Fsp3) is 0.739. The summed E-state index contributed by atoms with van der Waals surface area (Å²) in [6.45, 7) is 7.46. The maximum absolute atomic E-state index is 13.4. The van der Waals surface area contributed by atoms with Gasteiger partial charge < -0.3 is 14.5 Å². The van der Waals surface area contributed by atoms with E-state index in [0.717, 1.165) is 38.6 Å². The first-order valence-corrected chi connectivity index (χ1v) is 11.1. The summed E-state index contributed by atoms with van der Waals surface area (Å²) in [5.74, 6) is -1.91. The van der Waals surface area contributed by atoms with Crippen LogP contribution in [0.5, 0.6) is 5.88 Å². The van der Waals surface area contributed by atoms with E-state index in [9.17, 15) is 13.6 Å². The van der Waals surface area contributed by atoms with Gasteiger partial charge >= 0.3 is 0 Å². The molecule has 4 aliphatic rings. The van der Waals surface area contributed by atoms with Crippen molar-refractivity contribution in [2.24, 2.45) is 16.7 Å². The van der Waals surface area contributed by atoms with Crippen LogP contribution in [0.15, 0.2) is 12.1 Å². The smallest absolute Gasteiger partial charge is 0.282 e. The number of nitrogens with zero attached hydrogens (tertiary/aromatic N) is 3. The average Bonchev–Trinajstić information content (AvgIpc) is 3.40. The summed E-state index contributed by atoms with van der Waals surface area (Å²) < 4.78 is 32.7. The maximum atomic E-state index is 13.4. The molecule has 0 radical (unpaired) electrons. The molecular weight excluding hydrogens is 388 g/mol. The van der Waals surface area contributed by atoms with Crippen LogP contribution >= 0.6 is 0 Å². The fourth-order valence-electron chi connectivity index (χ4n) is 5.91. The molecule has 0 N–H and O–H groups in total. The molecule has 2 aliphatic heterocycles. The van der Waals surface area contributed by atoms with Crippen molar-refractivity contribution >= 4 is 11.6 Å². The van der Waals surface area contributed by atoms with Crippen LogP contribution in [0, 0.1) is 16.7 Å². The van der Waals surface area contributed by atoms with Crippen molar-refractivity contribution in [3.05, 3.63) is 17.8 Å². The molecule has 1 aromatic rings. The van der Waals surface area contributed by atoms with Gasteiger partial charge in [-0.15, -0.1) is 0 Å². The minimum absolute atomic E-state index is 0.0711. The highest BCUT2D eigenvalue weighted by molar-refractivity contribution is 5.93.